The van der Waals surface area contributed by atoms with Gasteiger partial charge in [-0.15, -0.1) is 0 Å². The van der Waals surface area contributed by atoms with Gasteiger partial charge in [0.25, 0.3) is 0 Å². The van der Waals surface area contributed by atoms with Crippen LogP contribution in [0.1, 0.15) is 5.56 Å². The molecule has 24 heavy (non-hydrogen) atoms. The van der Waals surface area contributed by atoms with Gasteiger partial charge in [-0.3, -0.25) is 0 Å². The fourth-order valence-corrected chi connectivity index (χ4v) is 2.89. The molecule has 0 amide bonds. The first kappa shape index (κ1) is 14.5. The van der Waals surface area contributed by atoms with Crippen LogP contribution in [0.2, 0.25) is 0 Å². The number of fused-ring (bicyclic) bond motifs is 1. The Kier molecular flexibility index (Phi) is 3.50. The third-order valence-corrected chi connectivity index (χ3v) is 4.22. The molecule has 118 valence electrons. The highest BCUT2D eigenvalue weighted by molar-refractivity contribution is 5.93. The maximum Gasteiger partial charge on any atom is 0.185 e. The Bertz CT molecular complexity index is 992. The van der Waals surface area contributed by atoms with Crippen LogP contribution in [0.3, 0.4) is 0 Å². The van der Waals surface area contributed by atoms with E-state index in [2.05, 4.69) is 41.3 Å². The Morgan fingerprint density at radius 3 is 2.58 bits per heavy atom. The van der Waals surface area contributed by atoms with E-state index in [4.69, 9.17) is 4.52 Å². The van der Waals surface area contributed by atoms with Gasteiger partial charge in [0, 0.05) is 13.2 Å². The first-order chi connectivity index (χ1) is 11.7. The first-order valence-electron chi connectivity index (χ1n) is 7.84. The van der Waals surface area contributed by atoms with E-state index in [1.165, 1.54) is 11.1 Å². The summed E-state index contributed by atoms with van der Waals surface area (Å²) in [6.45, 7) is 2.11. The number of hydrogen-bond donors (Lipinski definition) is 0. The van der Waals surface area contributed by atoms with Crippen LogP contribution in [0.15, 0.2) is 71.4 Å². The lowest BCUT2D eigenvalue weighted by atomic mass is 10.00. The molecular weight excluding hydrogens is 298 g/mol. The molecule has 0 spiro atoms. The predicted molar refractivity (Wildman–Crippen MR) is 96.5 cm³/mol. The Hall–Kier alpha value is -3.14. The van der Waals surface area contributed by atoms with Crippen LogP contribution in [0, 0.1) is 6.92 Å². The zero-order chi connectivity index (χ0) is 16.5. The van der Waals surface area contributed by atoms with E-state index in [0.717, 1.165) is 28.2 Å². The number of rotatable bonds is 3. The van der Waals surface area contributed by atoms with Crippen LogP contribution in [0.4, 0.5) is 11.6 Å². The normalized spacial score (nSPS) is 10.9. The van der Waals surface area contributed by atoms with Crippen molar-refractivity contribution in [3.05, 3.63) is 72.4 Å². The van der Waals surface area contributed by atoms with Gasteiger partial charge >= 0.3 is 0 Å². The second kappa shape index (κ2) is 5.81. The van der Waals surface area contributed by atoms with E-state index in [1.54, 1.807) is 6.20 Å². The summed E-state index contributed by atoms with van der Waals surface area (Å²) in [4.78, 5) is 6.29. The van der Waals surface area contributed by atoms with Gasteiger partial charge < -0.3 is 9.42 Å². The molecule has 0 atom stereocenters. The maximum absolute atomic E-state index is 5.57. The second-order valence-corrected chi connectivity index (χ2v) is 5.78. The van der Waals surface area contributed by atoms with Crippen molar-refractivity contribution in [1.29, 1.82) is 0 Å². The summed E-state index contributed by atoms with van der Waals surface area (Å²) in [6, 6.07) is 20.3. The van der Waals surface area contributed by atoms with Crippen LogP contribution < -0.4 is 4.90 Å². The van der Waals surface area contributed by atoms with Crippen LogP contribution >= 0.6 is 0 Å². The number of pyridine rings is 1. The molecule has 4 nitrogen and oxygen atoms in total. The molecule has 0 saturated carbocycles. The highest BCUT2D eigenvalue weighted by atomic mass is 16.5. The van der Waals surface area contributed by atoms with Gasteiger partial charge in [0.05, 0.1) is 5.39 Å². The predicted octanol–water partition coefficient (Wildman–Crippen LogP) is 4.97. The number of aromatic nitrogens is 2. The van der Waals surface area contributed by atoms with Crippen molar-refractivity contribution in [1.82, 2.24) is 10.1 Å². The minimum atomic E-state index is 0.764. The Morgan fingerprint density at radius 1 is 0.958 bits per heavy atom. The summed E-state index contributed by atoms with van der Waals surface area (Å²) in [5.74, 6) is 1.59. The minimum Gasteiger partial charge on any atom is -0.354 e. The summed E-state index contributed by atoms with van der Waals surface area (Å²) in [5.41, 5.74) is 4.34. The standard InChI is InChI=1S/C20H17N3O/c1-14-7-3-4-8-16(14)15-10-11-17-18(13-15)24-22-20(17)23(2)19-9-5-6-12-21-19/h3-13H,1-2H3. The number of hydrogen-bond acceptors (Lipinski definition) is 4. The summed E-state index contributed by atoms with van der Waals surface area (Å²) in [5, 5.41) is 5.21. The van der Waals surface area contributed by atoms with Crippen molar-refractivity contribution in [3.63, 3.8) is 0 Å². The zero-order valence-corrected chi connectivity index (χ0v) is 13.6. The Morgan fingerprint density at radius 2 is 1.79 bits per heavy atom. The Labute approximate surface area is 140 Å². The number of anilines is 2. The maximum atomic E-state index is 5.57. The summed E-state index contributed by atoms with van der Waals surface area (Å²) in [6.07, 6.45) is 1.77. The van der Waals surface area contributed by atoms with Gasteiger partial charge in [-0.05, 0) is 47.9 Å². The molecule has 4 rings (SSSR count). The fourth-order valence-electron chi connectivity index (χ4n) is 2.89. The molecule has 0 N–H and O–H groups in total. The molecule has 0 fully saturated rings. The monoisotopic (exact) mass is 315 g/mol. The molecule has 0 radical (unpaired) electrons. The van der Waals surface area contributed by atoms with Crippen molar-refractivity contribution in [2.45, 2.75) is 6.92 Å². The quantitative estimate of drug-likeness (QED) is 0.535. The van der Waals surface area contributed by atoms with Gasteiger partial charge in [0.1, 0.15) is 5.82 Å². The Balaban J connectivity index is 1.78. The molecule has 0 aliphatic carbocycles. The van der Waals surface area contributed by atoms with Gasteiger partial charge in [-0.25, -0.2) is 4.98 Å². The molecule has 2 aromatic carbocycles. The van der Waals surface area contributed by atoms with Gasteiger partial charge in [0.2, 0.25) is 0 Å². The largest absolute Gasteiger partial charge is 0.354 e. The highest BCUT2D eigenvalue weighted by Gasteiger charge is 2.15. The van der Waals surface area contributed by atoms with Crippen molar-refractivity contribution in [3.8, 4) is 11.1 Å². The van der Waals surface area contributed by atoms with Crippen molar-refractivity contribution in [2.75, 3.05) is 11.9 Å². The van der Waals surface area contributed by atoms with Crippen LogP contribution in [-0.2, 0) is 0 Å². The molecule has 2 heterocycles. The SMILES string of the molecule is Cc1ccccc1-c1ccc2c(N(C)c3ccccn3)noc2c1. The van der Waals surface area contributed by atoms with Crippen molar-refractivity contribution in [2.24, 2.45) is 0 Å². The fraction of sp³-hybridized carbons (Fsp3) is 0.100. The van der Waals surface area contributed by atoms with Gasteiger partial charge in [0.15, 0.2) is 11.4 Å². The lowest BCUT2D eigenvalue weighted by Gasteiger charge is -2.14. The van der Waals surface area contributed by atoms with Gasteiger partial charge in [-0.2, -0.15) is 0 Å². The minimum absolute atomic E-state index is 0.764. The molecule has 0 unspecified atom stereocenters. The molecule has 4 aromatic rings. The number of benzene rings is 2. The average Bonchev–Trinajstić information content (AvgIpc) is 3.05. The lowest BCUT2D eigenvalue weighted by molar-refractivity contribution is 0.458. The number of aryl methyl sites for hydroxylation is 1. The van der Waals surface area contributed by atoms with Crippen LogP contribution in [0.25, 0.3) is 22.1 Å². The van der Waals surface area contributed by atoms with E-state index in [0.29, 0.717) is 0 Å². The summed E-state index contributed by atoms with van der Waals surface area (Å²) >= 11 is 0. The third kappa shape index (κ3) is 2.42. The first-order valence-corrected chi connectivity index (χ1v) is 7.84. The molecule has 0 aliphatic heterocycles. The summed E-state index contributed by atoms with van der Waals surface area (Å²) < 4.78 is 5.57. The van der Waals surface area contributed by atoms with Crippen molar-refractivity contribution < 1.29 is 4.52 Å². The van der Waals surface area contributed by atoms with Crippen LogP contribution in [0.5, 0.6) is 0 Å². The lowest BCUT2D eigenvalue weighted by Crippen LogP contribution is -2.11. The topological polar surface area (TPSA) is 42.2 Å². The smallest absolute Gasteiger partial charge is 0.185 e. The average molecular weight is 315 g/mol. The zero-order valence-electron chi connectivity index (χ0n) is 13.6. The van der Waals surface area contributed by atoms with E-state index in [-0.39, 0.29) is 0 Å². The molecule has 0 saturated heterocycles. The molecular formula is C20H17N3O. The van der Waals surface area contributed by atoms with E-state index in [9.17, 15) is 0 Å². The summed E-state index contributed by atoms with van der Waals surface area (Å²) in [7, 11) is 1.94. The highest BCUT2D eigenvalue weighted by Crippen LogP contribution is 2.33. The third-order valence-electron chi connectivity index (χ3n) is 4.22. The second-order valence-electron chi connectivity index (χ2n) is 5.78. The molecule has 0 bridgehead atoms. The molecule has 4 heteroatoms. The molecule has 2 aromatic heterocycles. The van der Waals surface area contributed by atoms with Crippen molar-refractivity contribution >= 4 is 22.6 Å². The van der Waals surface area contributed by atoms with E-state index in [1.807, 2.05) is 48.3 Å². The number of nitrogens with zero attached hydrogens (tertiary/aromatic N) is 3. The van der Waals surface area contributed by atoms with Crippen LogP contribution in [-0.4, -0.2) is 17.2 Å². The van der Waals surface area contributed by atoms with E-state index >= 15 is 0 Å². The van der Waals surface area contributed by atoms with Gasteiger partial charge in [-0.1, -0.05) is 41.6 Å². The van der Waals surface area contributed by atoms with E-state index < -0.39 is 0 Å². The molecule has 0 aliphatic rings.